The van der Waals surface area contributed by atoms with Crippen LogP contribution in [-0.4, -0.2) is 17.7 Å². The fourth-order valence-corrected chi connectivity index (χ4v) is 1.89. The molecule has 72 valence electrons. The van der Waals surface area contributed by atoms with E-state index in [1.807, 2.05) is 23.6 Å². The Morgan fingerprint density at radius 3 is 2.85 bits per heavy atom. The zero-order valence-corrected chi connectivity index (χ0v) is 9.10. The maximum Gasteiger partial charge on any atom is 0.158 e. The van der Waals surface area contributed by atoms with Gasteiger partial charge in [-0.05, 0) is 11.3 Å². The van der Waals surface area contributed by atoms with E-state index in [-0.39, 0.29) is 5.78 Å². The van der Waals surface area contributed by atoms with Gasteiger partial charge in [0.15, 0.2) is 5.78 Å². The largest absolute Gasteiger partial charge is 0.345 e. The van der Waals surface area contributed by atoms with Gasteiger partial charge in [0.1, 0.15) is 0 Å². The Morgan fingerprint density at radius 2 is 2.38 bits per heavy atom. The standard InChI is InChI=1S/C10H15NOS/c1-8(2)6-9(12)7-10-11(3)4-5-13-10/h4-5,7-8H,6H2,1-3H3/b10-7+. The van der Waals surface area contributed by atoms with Crippen LogP contribution >= 0.6 is 11.8 Å². The van der Waals surface area contributed by atoms with E-state index in [4.69, 9.17) is 0 Å². The van der Waals surface area contributed by atoms with Crippen LogP contribution in [0, 0.1) is 5.92 Å². The van der Waals surface area contributed by atoms with Crippen LogP contribution in [0.15, 0.2) is 22.7 Å². The molecule has 0 saturated carbocycles. The molecular weight excluding hydrogens is 182 g/mol. The zero-order valence-electron chi connectivity index (χ0n) is 8.28. The third-order valence-electron chi connectivity index (χ3n) is 1.71. The molecule has 0 bridgehead atoms. The smallest absolute Gasteiger partial charge is 0.158 e. The number of allylic oxidation sites excluding steroid dienone is 1. The molecule has 0 aliphatic carbocycles. The van der Waals surface area contributed by atoms with Gasteiger partial charge in [-0.2, -0.15) is 0 Å². The molecular formula is C10H15NOS. The first kappa shape index (κ1) is 10.4. The predicted octanol–water partition coefficient (Wildman–Crippen LogP) is 2.59. The predicted molar refractivity (Wildman–Crippen MR) is 57.0 cm³/mol. The van der Waals surface area contributed by atoms with E-state index in [1.54, 1.807) is 17.8 Å². The van der Waals surface area contributed by atoms with Crippen molar-refractivity contribution in [1.29, 1.82) is 0 Å². The highest BCUT2D eigenvalue weighted by molar-refractivity contribution is 8.06. The van der Waals surface area contributed by atoms with E-state index < -0.39 is 0 Å². The molecule has 0 unspecified atom stereocenters. The van der Waals surface area contributed by atoms with E-state index in [2.05, 4.69) is 13.8 Å². The van der Waals surface area contributed by atoms with Gasteiger partial charge in [-0.1, -0.05) is 25.6 Å². The maximum atomic E-state index is 11.4. The minimum atomic E-state index is 0.216. The number of thioether (sulfide) groups is 1. The molecule has 0 aromatic carbocycles. The van der Waals surface area contributed by atoms with Crippen molar-refractivity contribution in [2.45, 2.75) is 20.3 Å². The van der Waals surface area contributed by atoms with Crippen molar-refractivity contribution in [3.8, 4) is 0 Å². The van der Waals surface area contributed by atoms with Gasteiger partial charge in [0.05, 0.1) is 5.03 Å². The molecule has 1 aliphatic rings. The Balaban J connectivity index is 2.51. The summed E-state index contributed by atoms with van der Waals surface area (Å²) < 4.78 is 0. The SMILES string of the molecule is CC(C)CC(=O)/C=C1/SC=CN1C. The van der Waals surface area contributed by atoms with Gasteiger partial charge >= 0.3 is 0 Å². The van der Waals surface area contributed by atoms with Crippen molar-refractivity contribution in [2.75, 3.05) is 7.05 Å². The first-order valence-electron chi connectivity index (χ1n) is 4.40. The minimum Gasteiger partial charge on any atom is -0.345 e. The van der Waals surface area contributed by atoms with E-state index in [0.717, 1.165) is 5.03 Å². The number of hydrogen-bond acceptors (Lipinski definition) is 3. The fraction of sp³-hybridized carbons (Fsp3) is 0.500. The monoisotopic (exact) mass is 197 g/mol. The lowest BCUT2D eigenvalue weighted by molar-refractivity contribution is -0.115. The Labute approximate surface area is 83.7 Å². The Morgan fingerprint density at radius 1 is 1.69 bits per heavy atom. The van der Waals surface area contributed by atoms with Gasteiger partial charge in [0.2, 0.25) is 0 Å². The van der Waals surface area contributed by atoms with Crippen LogP contribution in [0.1, 0.15) is 20.3 Å². The summed E-state index contributed by atoms with van der Waals surface area (Å²) in [6, 6.07) is 0. The Hall–Kier alpha value is -0.700. The number of carbonyl (C=O) groups excluding carboxylic acids is 1. The average molecular weight is 197 g/mol. The number of carbonyl (C=O) groups is 1. The second kappa shape index (κ2) is 4.51. The molecule has 0 atom stereocenters. The summed E-state index contributed by atoms with van der Waals surface area (Å²) in [6.07, 6.45) is 4.32. The first-order chi connectivity index (χ1) is 6.09. The van der Waals surface area contributed by atoms with Gasteiger partial charge < -0.3 is 4.90 Å². The molecule has 0 fully saturated rings. The molecule has 13 heavy (non-hydrogen) atoms. The summed E-state index contributed by atoms with van der Waals surface area (Å²) in [6.45, 7) is 4.11. The third kappa shape index (κ3) is 3.27. The fourth-order valence-electron chi connectivity index (χ4n) is 1.08. The van der Waals surface area contributed by atoms with Gasteiger partial charge in [-0.3, -0.25) is 4.79 Å². The summed E-state index contributed by atoms with van der Waals surface area (Å²) >= 11 is 1.59. The molecule has 0 aromatic rings. The van der Waals surface area contributed by atoms with Crippen molar-refractivity contribution in [3.63, 3.8) is 0 Å². The molecule has 2 nitrogen and oxygen atoms in total. The molecule has 0 aromatic heterocycles. The van der Waals surface area contributed by atoms with Crippen molar-refractivity contribution in [2.24, 2.45) is 5.92 Å². The highest BCUT2D eigenvalue weighted by atomic mass is 32.2. The molecule has 0 N–H and O–H groups in total. The van der Waals surface area contributed by atoms with Crippen molar-refractivity contribution >= 4 is 17.5 Å². The number of hydrogen-bond donors (Lipinski definition) is 0. The lowest BCUT2D eigenvalue weighted by Gasteiger charge is -2.09. The van der Waals surface area contributed by atoms with Crippen LogP contribution in [0.4, 0.5) is 0 Å². The molecule has 3 heteroatoms. The molecule has 0 spiro atoms. The lowest BCUT2D eigenvalue weighted by Crippen LogP contribution is -2.06. The third-order valence-corrected chi connectivity index (χ3v) is 2.62. The van der Waals surface area contributed by atoms with Crippen LogP contribution in [0.3, 0.4) is 0 Å². The molecule has 0 amide bonds. The molecule has 0 saturated heterocycles. The number of rotatable bonds is 3. The highest BCUT2D eigenvalue weighted by Gasteiger charge is 2.10. The molecule has 1 rings (SSSR count). The van der Waals surface area contributed by atoms with E-state index in [9.17, 15) is 4.79 Å². The van der Waals surface area contributed by atoms with Gasteiger partial charge in [-0.15, -0.1) is 0 Å². The van der Waals surface area contributed by atoms with Crippen LogP contribution in [0.2, 0.25) is 0 Å². The number of ketones is 1. The molecule has 0 radical (unpaired) electrons. The minimum absolute atomic E-state index is 0.216. The van der Waals surface area contributed by atoms with Crippen molar-refractivity contribution < 1.29 is 4.79 Å². The van der Waals surface area contributed by atoms with E-state index >= 15 is 0 Å². The van der Waals surface area contributed by atoms with Crippen LogP contribution < -0.4 is 0 Å². The maximum absolute atomic E-state index is 11.4. The zero-order chi connectivity index (χ0) is 9.84. The van der Waals surface area contributed by atoms with Crippen LogP contribution in [0.5, 0.6) is 0 Å². The molecule has 1 aliphatic heterocycles. The van der Waals surface area contributed by atoms with E-state index in [0.29, 0.717) is 12.3 Å². The Kier molecular flexibility index (Phi) is 3.60. The van der Waals surface area contributed by atoms with Crippen LogP contribution in [-0.2, 0) is 4.79 Å². The quantitative estimate of drug-likeness (QED) is 0.649. The topological polar surface area (TPSA) is 20.3 Å². The highest BCUT2D eigenvalue weighted by Crippen LogP contribution is 2.27. The second-order valence-electron chi connectivity index (χ2n) is 3.56. The summed E-state index contributed by atoms with van der Waals surface area (Å²) in [4.78, 5) is 13.4. The normalized spacial score (nSPS) is 19.1. The summed E-state index contributed by atoms with van der Waals surface area (Å²) in [7, 11) is 1.95. The second-order valence-corrected chi connectivity index (χ2v) is 4.49. The van der Waals surface area contributed by atoms with Gasteiger partial charge in [0.25, 0.3) is 0 Å². The summed E-state index contributed by atoms with van der Waals surface area (Å²) in [5.74, 6) is 0.655. The summed E-state index contributed by atoms with van der Waals surface area (Å²) in [5.41, 5.74) is 0. The van der Waals surface area contributed by atoms with Crippen molar-refractivity contribution in [3.05, 3.63) is 22.7 Å². The van der Waals surface area contributed by atoms with Gasteiger partial charge in [0, 0.05) is 25.7 Å². The van der Waals surface area contributed by atoms with E-state index in [1.165, 1.54) is 0 Å². The van der Waals surface area contributed by atoms with Gasteiger partial charge in [-0.25, -0.2) is 0 Å². The number of nitrogens with zero attached hydrogens (tertiary/aromatic N) is 1. The first-order valence-corrected chi connectivity index (χ1v) is 5.28. The lowest BCUT2D eigenvalue weighted by atomic mass is 10.1. The van der Waals surface area contributed by atoms with Crippen molar-refractivity contribution in [1.82, 2.24) is 4.90 Å². The Bertz CT molecular complexity index is 256. The summed E-state index contributed by atoms with van der Waals surface area (Å²) in [5, 5.41) is 3.00. The van der Waals surface area contributed by atoms with Crippen LogP contribution in [0.25, 0.3) is 0 Å². The molecule has 1 heterocycles. The average Bonchev–Trinajstić information content (AvgIpc) is 2.34.